The minimum Gasteiger partial charge on any atom is -0.487 e. The summed E-state index contributed by atoms with van der Waals surface area (Å²) >= 11 is 6.07. The van der Waals surface area contributed by atoms with Crippen LogP contribution in [0.4, 0.5) is 0 Å². The largest absolute Gasteiger partial charge is 0.487 e. The van der Waals surface area contributed by atoms with Gasteiger partial charge in [-0.2, -0.15) is 5.26 Å². The van der Waals surface area contributed by atoms with Gasteiger partial charge in [0.15, 0.2) is 0 Å². The Balaban J connectivity index is 1.41. The van der Waals surface area contributed by atoms with Crippen LogP contribution in [0.3, 0.4) is 0 Å². The van der Waals surface area contributed by atoms with Gasteiger partial charge in [0.2, 0.25) is 0 Å². The van der Waals surface area contributed by atoms with E-state index in [0.717, 1.165) is 39.9 Å². The molecule has 4 rings (SSSR count). The van der Waals surface area contributed by atoms with Gasteiger partial charge in [-0.1, -0.05) is 72.3 Å². The Bertz CT molecular complexity index is 1270. The first-order chi connectivity index (χ1) is 15.2. The van der Waals surface area contributed by atoms with E-state index in [1.807, 2.05) is 72.8 Å². The zero-order chi connectivity index (χ0) is 21.5. The monoisotopic (exact) mass is 424 g/mol. The molecule has 3 aromatic carbocycles. The molecule has 0 radical (unpaired) electrons. The molecule has 31 heavy (non-hydrogen) atoms. The number of hydrogen-bond acceptors (Lipinski definition) is 3. The van der Waals surface area contributed by atoms with Gasteiger partial charge in [0.05, 0.1) is 23.7 Å². The lowest BCUT2D eigenvalue weighted by Gasteiger charge is -2.08. The molecule has 0 aliphatic rings. The number of rotatable bonds is 7. The first-order valence-electron chi connectivity index (χ1n) is 10.1. The van der Waals surface area contributed by atoms with Crippen LogP contribution < -0.4 is 4.74 Å². The zero-order valence-electron chi connectivity index (χ0n) is 17.0. The van der Waals surface area contributed by atoms with Crippen LogP contribution in [0.2, 0.25) is 5.02 Å². The van der Waals surface area contributed by atoms with E-state index in [2.05, 4.69) is 29.3 Å². The molecule has 0 aliphatic heterocycles. The third-order valence-electron chi connectivity index (χ3n) is 4.99. The molecule has 0 amide bonds. The lowest BCUT2D eigenvalue weighted by molar-refractivity contribution is 0.302. The summed E-state index contributed by atoms with van der Waals surface area (Å²) in [5.41, 5.74) is 5.03. The predicted octanol–water partition coefficient (Wildman–Crippen LogP) is 6.79. The van der Waals surface area contributed by atoms with E-state index in [9.17, 15) is 0 Å². The van der Waals surface area contributed by atoms with Crippen molar-refractivity contribution in [2.45, 2.75) is 19.4 Å². The molecule has 4 aromatic rings. The van der Waals surface area contributed by atoms with Gasteiger partial charge in [-0.25, -0.2) is 4.98 Å². The van der Waals surface area contributed by atoms with Crippen molar-refractivity contribution >= 4 is 28.6 Å². The average Bonchev–Trinajstić information content (AvgIpc) is 2.79. The molecule has 3 nitrogen and oxygen atoms in total. The van der Waals surface area contributed by atoms with E-state index >= 15 is 0 Å². The molecule has 0 bridgehead atoms. The van der Waals surface area contributed by atoms with Crippen LogP contribution in [-0.2, 0) is 19.4 Å². The number of allylic oxidation sites excluding steroid dienone is 1. The molecule has 1 heterocycles. The summed E-state index contributed by atoms with van der Waals surface area (Å²) < 4.78 is 5.96. The van der Waals surface area contributed by atoms with Gasteiger partial charge >= 0.3 is 0 Å². The fourth-order valence-electron chi connectivity index (χ4n) is 3.41. The Hall–Kier alpha value is -3.61. The predicted molar refractivity (Wildman–Crippen MR) is 126 cm³/mol. The van der Waals surface area contributed by atoms with Gasteiger partial charge < -0.3 is 4.74 Å². The Kier molecular flexibility index (Phi) is 6.62. The normalized spacial score (nSPS) is 11.0. The third-order valence-corrected chi connectivity index (χ3v) is 5.23. The molecule has 0 spiro atoms. The number of nitriles is 1. The quantitative estimate of drug-likeness (QED) is 0.328. The fourth-order valence-corrected chi connectivity index (χ4v) is 3.58. The van der Waals surface area contributed by atoms with Crippen LogP contribution in [0.25, 0.3) is 17.0 Å². The highest BCUT2D eigenvalue weighted by Gasteiger charge is 2.02. The number of benzene rings is 3. The third kappa shape index (κ3) is 5.51. The Morgan fingerprint density at radius 1 is 0.935 bits per heavy atom. The standard InChI is InChI=1S/C27H21ClN2O/c28-24-13-11-23-12-14-25(30-27(23)18-24)19-31-26-10-4-6-20(17-26)5-3-9-21-7-1-2-8-22(21)15-16-29/h1-8,10-14,17-18H,9,15,19H2/b5-3+. The molecule has 0 unspecified atom stereocenters. The minimum absolute atomic E-state index is 0.386. The Labute approximate surface area is 187 Å². The molecule has 1 aromatic heterocycles. The van der Waals surface area contributed by atoms with Crippen LogP contribution >= 0.6 is 11.6 Å². The maximum absolute atomic E-state index is 8.98. The van der Waals surface area contributed by atoms with Crippen LogP contribution in [0.1, 0.15) is 22.4 Å². The molecule has 0 fully saturated rings. The number of ether oxygens (including phenoxy) is 1. The number of fused-ring (bicyclic) bond motifs is 1. The highest BCUT2D eigenvalue weighted by atomic mass is 35.5. The number of aromatic nitrogens is 1. The number of nitrogens with zero attached hydrogens (tertiary/aromatic N) is 2. The molecule has 0 saturated carbocycles. The maximum atomic E-state index is 8.98. The van der Waals surface area contributed by atoms with Crippen molar-refractivity contribution in [3.63, 3.8) is 0 Å². The summed E-state index contributed by atoms with van der Waals surface area (Å²) in [6.45, 7) is 0.386. The van der Waals surface area contributed by atoms with E-state index in [0.29, 0.717) is 18.1 Å². The van der Waals surface area contributed by atoms with Crippen LogP contribution in [0, 0.1) is 11.3 Å². The first-order valence-corrected chi connectivity index (χ1v) is 10.5. The van der Waals surface area contributed by atoms with Crippen LogP contribution in [-0.4, -0.2) is 4.98 Å². The average molecular weight is 425 g/mol. The van der Waals surface area contributed by atoms with Crippen molar-refractivity contribution in [2.75, 3.05) is 0 Å². The zero-order valence-corrected chi connectivity index (χ0v) is 17.7. The summed E-state index contributed by atoms with van der Waals surface area (Å²) in [6, 6.07) is 27.9. The lowest BCUT2D eigenvalue weighted by atomic mass is 10.0. The van der Waals surface area contributed by atoms with E-state index in [1.54, 1.807) is 0 Å². The maximum Gasteiger partial charge on any atom is 0.130 e. The van der Waals surface area contributed by atoms with Gasteiger partial charge in [0, 0.05) is 10.4 Å². The summed E-state index contributed by atoms with van der Waals surface area (Å²) in [7, 11) is 0. The van der Waals surface area contributed by atoms with Crippen molar-refractivity contribution < 1.29 is 4.74 Å². The van der Waals surface area contributed by atoms with Crippen LogP contribution in [0.5, 0.6) is 5.75 Å². The van der Waals surface area contributed by atoms with Gasteiger partial charge in [0.25, 0.3) is 0 Å². The summed E-state index contributed by atoms with van der Waals surface area (Å²) in [5.74, 6) is 0.792. The highest BCUT2D eigenvalue weighted by Crippen LogP contribution is 2.20. The second kappa shape index (κ2) is 9.93. The van der Waals surface area contributed by atoms with E-state index < -0.39 is 0 Å². The summed E-state index contributed by atoms with van der Waals surface area (Å²) in [4.78, 5) is 4.63. The molecule has 152 valence electrons. The topological polar surface area (TPSA) is 45.9 Å². The molecule has 4 heteroatoms. The van der Waals surface area contributed by atoms with Crippen molar-refractivity contribution in [2.24, 2.45) is 0 Å². The van der Waals surface area contributed by atoms with Gasteiger partial charge in [-0.15, -0.1) is 0 Å². The molecular weight excluding hydrogens is 404 g/mol. The van der Waals surface area contributed by atoms with Gasteiger partial charge in [-0.05, 0) is 53.4 Å². The molecular formula is C27H21ClN2O. The van der Waals surface area contributed by atoms with E-state index in [-0.39, 0.29) is 0 Å². The van der Waals surface area contributed by atoms with Gasteiger partial charge in [-0.3, -0.25) is 0 Å². The van der Waals surface area contributed by atoms with E-state index in [1.165, 1.54) is 5.56 Å². The summed E-state index contributed by atoms with van der Waals surface area (Å²) in [5, 5.41) is 10.7. The number of hydrogen-bond donors (Lipinski definition) is 0. The van der Waals surface area contributed by atoms with Crippen molar-refractivity contribution in [3.05, 3.63) is 112 Å². The van der Waals surface area contributed by atoms with Crippen molar-refractivity contribution in [3.8, 4) is 11.8 Å². The molecule has 0 atom stereocenters. The summed E-state index contributed by atoms with van der Waals surface area (Å²) in [6.07, 6.45) is 5.41. The Morgan fingerprint density at radius 3 is 2.65 bits per heavy atom. The highest BCUT2D eigenvalue weighted by molar-refractivity contribution is 6.31. The second-order valence-electron chi connectivity index (χ2n) is 7.21. The molecule has 0 N–H and O–H groups in total. The van der Waals surface area contributed by atoms with Crippen LogP contribution in [0.15, 0.2) is 84.9 Å². The lowest BCUT2D eigenvalue weighted by Crippen LogP contribution is -1.98. The Morgan fingerprint density at radius 2 is 1.77 bits per heavy atom. The minimum atomic E-state index is 0.386. The molecule has 0 saturated heterocycles. The van der Waals surface area contributed by atoms with Gasteiger partial charge in [0.1, 0.15) is 12.4 Å². The van der Waals surface area contributed by atoms with Crippen molar-refractivity contribution in [1.29, 1.82) is 5.26 Å². The fraction of sp³-hybridized carbons (Fsp3) is 0.111. The van der Waals surface area contributed by atoms with E-state index in [4.69, 9.17) is 21.6 Å². The number of pyridine rings is 1. The van der Waals surface area contributed by atoms with Crippen molar-refractivity contribution in [1.82, 2.24) is 4.98 Å². The second-order valence-corrected chi connectivity index (χ2v) is 7.65. The first kappa shape index (κ1) is 20.7. The SMILES string of the molecule is N#CCc1ccccc1C/C=C/c1cccc(OCc2ccc3ccc(Cl)cc3n2)c1. The molecule has 0 aliphatic carbocycles. The number of halogens is 1. The smallest absolute Gasteiger partial charge is 0.130 e.